The second-order valence-corrected chi connectivity index (χ2v) is 4.27. The van der Waals surface area contributed by atoms with Crippen LogP contribution < -0.4 is 0 Å². The zero-order valence-corrected chi connectivity index (χ0v) is 9.45. The minimum atomic E-state index is -0.927. The van der Waals surface area contributed by atoms with Crippen LogP contribution in [0.4, 0.5) is 0 Å². The number of hydrogen-bond acceptors (Lipinski definition) is 4. The lowest BCUT2D eigenvalue weighted by Gasteiger charge is -2.20. The number of hydrogen-bond donors (Lipinski definition) is 1. The van der Waals surface area contributed by atoms with E-state index in [4.69, 9.17) is 5.11 Å². The Morgan fingerprint density at radius 3 is 2.73 bits per heavy atom. The molecule has 1 rings (SSSR count). The summed E-state index contributed by atoms with van der Waals surface area (Å²) in [5.74, 6) is -0.961. The van der Waals surface area contributed by atoms with Crippen molar-refractivity contribution in [3.05, 3.63) is 22.4 Å². The molecule has 0 aliphatic heterocycles. The Morgan fingerprint density at radius 1 is 1.60 bits per heavy atom. The normalized spacial score (nSPS) is 12.7. The smallest absolute Gasteiger partial charge is 0.317 e. The lowest BCUT2D eigenvalue weighted by molar-refractivity contribution is -0.138. The molecule has 1 unspecified atom stereocenters. The van der Waals surface area contributed by atoms with Gasteiger partial charge in [0.25, 0.3) is 0 Å². The summed E-state index contributed by atoms with van der Waals surface area (Å²) in [5.41, 5.74) is 0. The third-order valence-corrected chi connectivity index (χ3v) is 3.07. The molecule has 1 N–H and O–H groups in total. The first kappa shape index (κ1) is 11.9. The van der Waals surface area contributed by atoms with Crippen LogP contribution in [0.3, 0.4) is 0 Å². The van der Waals surface area contributed by atoms with Gasteiger partial charge in [0, 0.05) is 0 Å². The third kappa shape index (κ3) is 3.14. The second kappa shape index (κ2) is 5.04. The SMILES string of the molecule is CC(C(=O)c1cccs1)N(C)CC(=O)O. The number of rotatable bonds is 5. The molecule has 0 fully saturated rings. The van der Waals surface area contributed by atoms with Crippen LogP contribution in [-0.2, 0) is 4.79 Å². The molecular formula is C10H13NO3S. The highest BCUT2D eigenvalue weighted by Crippen LogP contribution is 2.13. The molecule has 1 aromatic heterocycles. The number of carboxylic acid groups (broad SMARTS) is 1. The maximum atomic E-state index is 11.8. The fraction of sp³-hybridized carbons (Fsp3) is 0.400. The van der Waals surface area contributed by atoms with Crippen molar-refractivity contribution >= 4 is 23.1 Å². The van der Waals surface area contributed by atoms with E-state index in [9.17, 15) is 9.59 Å². The highest BCUT2D eigenvalue weighted by Gasteiger charge is 2.21. The molecule has 1 heterocycles. The van der Waals surface area contributed by atoms with Crippen LogP contribution in [0.25, 0.3) is 0 Å². The lowest BCUT2D eigenvalue weighted by atomic mass is 10.1. The van der Waals surface area contributed by atoms with Gasteiger partial charge in [0.15, 0.2) is 5.78 Å². The average molecular weight is 227 g/mol. The topological polar surface area (TPSA) is 57.6 Å². The maximum absolute atomic E-state index is 11.8. The average Bonchev–Trinajstić information content (AvgIpc) is 2.67. The van der Waals surface area contributed by atoms with E-state index in [0.29, 0.717) is 4.88 Å². The van der Waals surface area contributed by atoms with E-state index in [1.54, 1.807) is 20.0 Å². The molecule has 0 radical (unpaired) electrons. The summed E-state index contributed by atoms with van der Waals surface area (Å²) in [4.78, 5) is 24.5. The predicted molar refractivity (Wildman–Crippen MR) is 58.4 cm³/mol. The number of nitrogens with zero attached hydrogens (tertiary/aromatic N) is 1. The van der Waals surface area contributed by atoms with Crippen molar-refractivity contribution in [2.75, 3.05) is 13.6 Å². The van der Waals surface area contributed by atoms with E-state index < -0.39 is 12.0 Å². The van der Waals surface area contributed by atoms with Crippen molar-refractivity contribution in [3.63, 3.8) is 0 Å². The molecule has 0 aliphatic carbocycles. The Morgan fingerprint density at radius 2 is 2.27 bits per heavy atom. The van der Waals surface area contributed by atoms with Crippen molar-refractivity contribution in [2.45, 2.75) is 13.0 Å². The molecule has 0 amide bonds. The van der Waals surface area contributed by atoms with Crippen LogP contribution in [-0.4, -0.2) is 41.4 Å². The summed E-state index contributed by atoms with van der Waals surface area (Å²) in [5, 5.41) is 10.4. The van der Waals surface area contributed by atoms with Crippen molar-refractivity contribution in [1.82, 2.24) is 4.90 Å². The predicted octanol–water partition coefficient (Wildman–Crippen LogP) is 1.34. The maximum Gasteiger partial charge on any atom is 0.317 e. The van der Waals surface area contributed by atoms with Gasteiger partial charge in [0.05, 0.1) is 17.5 Å². The van der Waals surface area contributed by atoms with Gasteiger partial charge in [-0.05, 0) is 25.4 Å². The summed E-state index contributed by atoms with van der Waals surface area (Å²) in [7, 11) is 1.63. The Bertz CT molecular complexity index is 348. The summed E-state index contributed by atoms with van der Waals surface area (Å²) in [6.07, 6.45) is 0. The van der Waals surface area contributed by atoms with Crippen LogP contribution in [0.5, 0.6) is 0 Å². The first-order valence-corrected chi connectivity index (χ1v) is 5.40. The molecule has 0 bridgehead atoms. The fourth-order valence-corrected chi connectivity index (χ4v) is 1.92. The minimum absolute atomic E-state index is 0.0336. The summed E-state index contributed by atoms with van der Waals surface area (Å²) >= 11 is 1.37. The fourth-order valence-electron chi connectivity index (χ4n) is 1.18. The van der Waals surface area contributed by atoms with E-state index in [1.165, 1.54) is 16.2 Å². The van der Waals surface area contributed by atoms with E-state index >= 15 is 0 Å². The number of ketones is 1. The Hall–Kier alpha value is -1.20. The highest BCUT2D eigenvalue weighted by atomic mass is 32.1. The van der Waals surface area contributed by atoms with Crippen molar-refractivity contribution in [3.8, 4) is 0 Å². The van der Waals surface area contributed by atoms with Gasteiger partial charge in [0.2, 0.25) is 0 Å². The minimum Gasteiger partial charge on any atom is -0.480 e. The number of likely N-dealkylation sites (N-methyl/N-ethyl adjacent to an activating group) is 1. The van der Waals surface area contributed by atoms with Crippen molar-refractivity contribution in [1.29, 1.82) is 0 Å². The standard InChI is InChI=1S/C10H13NO3S/c1-7(11(2)6-9(12)13)10(14)8-4-3-5-15-8/h3-5,7H,6H2,1-2H3,(H,12,13). The summed E-state index contributed by atoms with van der Waals surface area (Å²) < 4.78 is 0. The van der Waals surface area contributed by atoms with E-state index in [0.717, 1.165) is 0 Å². The molecule has 0 aliphatic rings. The van der Waals surface area contributed by atoms with Crippen LogP contribution in [0.15, 0.2) is 17.5 Å². The molecule has 1 atom stereocenters. The third-order valence-electron chi connectivity index (χ3n) is 2.19. The monoisotopic (exact) mass is 227 g/mol. The zero-order chi connectivity index (χ0) is 11.4. The van der Waals surface area contributed by atoms with E-state index in [1.807, 2.05) is 11.4 Å². The van der Waals surface area contributed by atoms with Gasteiger partial charge in [-0.25, -0.2) is 0 Å². The molecule has 1 aromatic rings. The molecule has 15 heavy (non-hydrogen) atoms. The number of thiophene rings is 1. The van der Waals surface area contributed by atoms with Gasteiger partial charge >= 0.3 is 5.97 Å². The second-order valence-electron chi connectivity index (χ2n) is 3.33. The summed E-state index contributed by atoms with van der Waals surface area (Å²) in [6, 6.07) is 3.15. The number of carbonyl (C=O) groups is 2. The van der Waals surface area contributed by atoms with Crippen LogP contribution in [0, 0.1) is 0 Å². The first-order chi connectivity index (χ1) is 7.02. The van der Waals surface area contributed by atoms with Crippen LogP contribution in [0.2, 0.25) is 0 Å². The number of carbonyl (C=O) groups excluding carboxylic acids is 1. The largest absolute Gasteiger partial charge is 0.480 e. The zero-order valence-electron chi connectivity index (χ0n) is 8.64. The van der Waals surface area contributed by atoms with Crippen LogP contribution in [0.1, 0.15) is 16.6 Å². The van der Waals surface area contributed by atoms with Gasteiger partial charge in [0.1, 0.15) is 0 Å². The summed E-state index contributed by atoms with van der Waals surface area (Å²) in [6.45, 7) is 1.59. The van der Waals surface area contributed by atoms with Crippen LogP contribution >= 0.6 is 11.3 Å². The van der Waals surface area contributed by atoms with Gasteiger partial charge in [-0.1, -0.05) is 6.07 Å². The Labute approximate surface area is 92.1 Å². The van der Waals surface area contributed by atoms with Gasteiger partial charge in [-0.3, -0.25) is 14.5 Å². The Balaban J connectivity index is 2.64. The highest BCUT2D eigenvalue weighted by molar-refractivity contribution is 7.12. The van der Waals surface area contributed by atoms with E-state index in [-0.39, 0.29) is 12.3 Å². The molecule has 0 spiro atoms. The molecule has 0 aromatic carbocycles. The molecule has 82 valence electrons. The number of aliphatic carboxylic acids is 1. The van der Waals surface area contributed by atoms with Gasteiger partial charge < -0.3 is 5.11 Å². The molecule has 5 heteroatoms. The number of Topliss-reactive ketones (excluding diaryl/α,β-unsaturated/α-hetero) is 1. The van der Waals surface area contributed by atoms with Crippen molar-refractivity contribution in [2.24, 2.45) is 0 Å². The van der Waals surface area contributed by atoms with Gasteiger partial charge in [-0.2, -0.15) is 0 Å². The lowest BCUT2D eigenvalue weighted by Crippen LogP contribution is -2.38. The quantitative estimate of drug-likeness (QED) is 0.771. The molecular weight excluding hydrogens is 214 g/mol. The van der Waals surface area contributed by atoms with Gasteiger partial charge in [-0.15, -0.1) is 11.3 Å². The van der Waals surface area contributed by atoms with E-state index in [2.05, 4.69) is 0 Å². The Kier molecular flexibility index (Phi) is 3.99. The molecule has 0 saturated heterocycles. The first-order valence-electron chi connectivity index (χ1n) is 4.52. The number of carboxylic acids is 1. The molecule has 0 saturated carbocycles. The van der Waals surface area contributed by atoms with Crippen molar-refractivity contribution < 1.29 is 14.7 Å². The molecule has 4 nitrogen and oxygen atoms in total.